The van der Waals surface area contributed by atoms with E-state index in [0.29, 0.717) is 25.6 Å². The van der Waals surface area contributed by atoms with Gasteiger partial charge in [-0.25, -0.2) is 8.42 Å². The van der Waals surface area contributed by atoms with E-state index in [1.807, 2.05) is 12.2 Å². The minimum Gasteiger partial charge on any atom is -0.374 e. The molecule has 3 unspecified atom stereocenters. The van der Waals surface area contributed by atoms with Gasteiger partial charge in [-0.05, 0) is 36.7 Å². The lowest BCUT2D eigenvalue weighted by atomic mass is 9.61. The molecule has 1 spiro atoms. The van der Waals surface area contributed by atoms with Crippen molar-refractivity contribution in [2.75, 3.05) is 38.5 Å². The number of epoxide rings is 1. The van der Waals surface area contributed by atoms with E-state index in [0.717, 1.165) is 37.9 Å². The first kappa shape index (κ1) is 23.6. The molecule has 2 heterocycles. The Balaban J connectivity index is 1.74. The number of sulfonamides is 1. The zero-order chi connectivity index (χ0) is 22.2. The van der Waals surface area contributed by atoms with Crippen molar-refractivity contribution >= 4 is 10.0 Å². The molecule has 5 nitrogen and oxygen atoms in total. The monoisotopic (exact) mass is 436 g/mol. The summed E-state index contributed by atoms with van der Waals surface area (Å²) in [6, 6.07) is 0. The van der Waals surface area contributed by atoms with Crippen molar-refractivity contribution in [3.63, 3.8) is 0 Å². The van der Waals surface area contributed by atoms with Gasteiger partial charge >= 0.3 is 0 Å². The van der Waals surface area contributed by atoms with E-state index in [1.165, 1.54) is 0 Å². The van der Waals surface area contributed by atoms with Crippen LogP contribution in [0.15, 0.2) is 36.6 Å². The largest absolute Gasteiger partial charge is 0.374 e. The van der Waals surface area contributed by atoms with E-state index in [4.69, 9.17) is 4.74 Å². The minimum absolute atomic E-state index is 0.0563. The van der Waals surface area contributed by atoms with Gasteiger partial charge in [0.2, 0.25) is 10.0 Å². The molecule has 0 amide bonds. The van der Waals surface area contributed by atoms with E-state index in [9.17, 15) is 8.42 Å². The SMILES string of the molecule is C=C/C=C\C(C)=C\N1CCN(S(=O)(=O)CC2(CC)C3(CO3)CC(CC)C2(C)C)CC1. The van der Waals surface area contributed by atoms with Crippen LogP contribution in [0.25, 0.3) is 0 Å². The van der Waals surface area contributed by atoms with Gasteiger partial charge in [-0.2, -0.15) is 4.31 Å². The molecule has 3 fully saturated rings. The zero-order valence-corrected chi connectivity index (χ0v) is 20.3. The second-order valence-electron chi connectivity index (χ2n) is 9.91. The average molecular weight is 437 g/mol. The Labute approximate surface area is 183 Å². The number of ether oxygens (including phenoxy) is 1. The van der Waals surface area contributed by atoms with Gasteiger partial charge in [0.05, 0.1) is 18.0 Å². The predicted octanol–water partition coefficient (Wildman–Crippen LogP) is 4.20. The third kappa shape index (κ3) is 3.91. The number of nitrogens with zero attached hydrogens (tertiary/aromatic N) is 2. The first-order valence-corrected chi connectivity index (χ1v) is 13.0. The average Bonchev–Trinajstić information content (AvgIpc) is 3.46. The fourth-order valence-corrected chi connectivity index (χ4v) is 8.59. The molecule has 0 radical (unpaired) electrons. The minimum atomic E-state index is -3.36. The van der Waals surface area contributed by atoms with E-state index in [-0.39, 0.29) is 22.2 Å². The third-order valence-electron chi connectivity index (χ3n) is 8.27. The van der Waals surface area contributed by atoms with Crippen LogP contribution in [0.3, 0.4) is 0 Å². The Morgan fingerprint density at radius 2 is 1.83 bits per heavy atom. The predicted molar refractivity (Wildman–Crippen MR) is 124 cm³/mol. The summed E-state index contributed by atoms with van der Waals surface area (Å²) >= 11 is 0. The van der Waals surface area contributed by atoms with Crippen molar-refractivity contribution in [3.8, 4) is 0 Å². The molecule has 170 valence electrons. The molecule has 1 saturated carbocycles. The zero-order valence-electron chi connectivity index (χ0n) is 19.5. The molecule has 0 aromatic carbocycles. The quantitative estimate of drug-likeness (QED) is 0.423. The number of allylic oxidation sites excluding steroid dienone is 4. The van der Waals surface area contributed by atoms with E-state index in [1.54, 1.807) is 10.4 Å². The first-order valence-electron chi connectivity index (χ1n) is 11.4. The number of hydrogen-bond donors (Lipinski definition) is 0. The molecule has 2 aliphatic heterocycles. The second-order valence-corrected chi connectivity index (χ2v) is 11.9. The van der Waals surface area contributed by atoms with Crippen molar-refractivity contribution in [3.05, 3.63) is 36.6 Å². The Hall–Kier alpha value is -1.11. The van der Waals surface area contributed by atoms with E-state index in [2.05, 4.69) is 52.3 Å². The van der Waals surface area contributed by atoms with Crippen LogP contribution < -0.4 is 0 Å². The fourth-order valence-electron chi connectivity index (χ4n) is 6.22. The Kier molecular flexibility index (Phi) is 6.62. The summed E-state index contributed by atoms with van der Waals surface area (Å²) in [6.45, 7) is 17.9. The lowest BCUT2D eigenvalue weighted by Gasteiger charge is -2.46. The van der Waals surface area contributed by atoms with E-state index >= 15 is 0 Å². The van der Waals surface area contributed by atoms with Gasteiger partial charge in [-0.15, -0.1) is 0 Å². The molecule has 3 aliphatic rings. The molecule has 1 aliphatic carbocycles. The van der Waals surface area contributed by atoms with Crippen LogP contribution in [0.5, 0.6) is 0 Å². The van der Waals surface area contributed by atoms with Gasteiger partial charge in [0.15, 0.2) is 0 Å². The standard InChI is InChI=1S/C24H40N2O3S/c1-7-10-11-20(4)17-25-12-14-26(15-13-25)30(27,28)19-23(9-3)22(5,6)21(8-2)16-24(23)18-29-24/h7,10-11,17,21H,1,8-9,12-16,18-19H2,2-6H3/b11-10-,20-17+. The highest BCUT2D eigenvalue weighted by atomic mass is 32.2. The maximum Gasteiger partial charge on any atom is 0.214 e. The van der Waals surface area contributed by atoms with Gasteiger partial charge < -0.3 is 9.64 Å². The summed E-state index contributed by atoms with van der Waals surface area (Å²) in [4.78, 5) is 2.21. The molecule has 0 bridgehead atoms. The fraction of sp³-hybridized carbons (Fsp3) is 0.750. The van der Waals surface area contributed by atoms with Crippen LogP contribution in [0, 0.1) is 16.7 Å². The Bertz CT molecular complexity index is 802. The molecule has 6 heteroatoms. The first-order chi connectivity index (χ1) is 14.1. The molecular weight excluding hydrogens is 396 g/mol. The highest BCUT2D eigenvalue weighted by Gasteiger charge is 2.73. The van der Waals surface area contributed by atoms with Crippen LogP contribution >= 0.6 is 0 Å². The van der Waals surface area contributed by atoms with Gasteiger partial charge in [0, 0.05) is 37.8 Å². The van der Waals surface area contributed by atoms with Gasteiger partial charge in [-0.3, -0.25) is 0 Å². The Morgan fingerprint density at radius 1 is 1.20 bits per heavy atom. The number of piperazine rings is 1. The second kappa shape index (κ2) is 8.44. The van der Waals surface area contributed by atoms with Crippen molar-refractivity contribution in [2.24, 2.45) is 16.7 Å². The van der Waals surface area contributed by atoms with Crippen molar-refractivity contribution < 1.29 is 13.2 Å². The highest BCUT2D eigenvalue weighted by molar-refractivity contribution is 7.89. The van der Waals surface area contributed by atoms with Crippen LogP contribution in [-0.4, -0.2) is 61.8 Å². The maximum atomic E-state index is 13.6. The molecular formula is C24H40N2O3S. The smallest absolute Gasteiger partial charge is 0.214 e. The van der Waals surface area contributed by atoms with Crippen molar-refractivity contribution in [2.45, 2.75) is 59.5 Å². The molecule has 0 aromatic heterocycles. The summed E-state index contributed by atoms with van der Waals surface area (Å²) in [5.74, 6) is 0.709. The highest BCUT2D eigenvalue weighted by Crippen LogP contribution is 2.69. The third-order valence-corrected chi connectivity index (χ3v) is 10.3. The van der Waals surface area contributed by atoms with Crippen LogP contribution in [0.2, 0.25) is 0 Å². The molecule has 3 atom stereocenters. The summed E-state index contributed by atoms with van der Waals surface area (Å²) in [5.41, 5.74) is 0.530. The number of hydrogen-bond acceptors (Lipinski definition) is 4. The maximum absolute atomic E-state index is 13.6. The number of rotatable bonds is 8. The molecule has 30 heavy (non-hydrogen) atoms. The van der Waals surface area contributed by atoms with Gasteiger partial charge in [-0.1, -0.05) is 58.9 Å². The van der Waals surface area contributed by atoms with Crippen molar-refractivity contribution in [1.29, 1.82) is 0 Å². The lowest BCUT2D eigenvalue weighted by Crippen LogP contribution is -2.54. The summed E-state index contributed by atoms with van der Waals surface area (Å²) in [7, 11) is -3.36. The molecule has 0 aromatic rings. The van der Waals surface area contributed by atoms with Crippen LogP contribution in [0.4, 0.5) is 0 Å². The van der Waals surface area contributed by atoms with E-state index < -0.39 is 10.0 Å². The Morgan fingerprint density at radius 3 is 2.33 bits per heavy atom. The molecule has 0 N–H and O–H groups in total. The van der Waals surface area contributed by atoms with Gasteiger partial charge in [0.1, 0.15) is 0 Å². The molecule has 3 rings (SSSR count). The van der Waals surface area contributed by atoms with Crippen LogP contribution in [0.1, 0.15) is 53.9 Å². The lowest BCUT2D eigenvalue weighted by molar-refractivity contribution is 0.0350. The summed E-state index contributed by atoms with van der Waals surface area (Å²) < 4.78 is 34.9. The molecule has 2 saturated heterocycles. The summed E-state index contributed by atoms with van der Waals surface area (Å²) in [6.07, 6.45) is 10.7. The summed E-state index contributed by atoms with van der Waals surface area (Å²) in [5, 5.41) is 0. The van der Waals surface area contributed by atoms with Crippen LogP contribution in [-0.2, 0) is 14.8 Å². The normalized spacial score (nSPS) is 34.8. The van der Waals surface area contributed by atoms with Crippen molar-refractivity contribution in [1.82, 2.24) is 9.21 Å². The van der Waals surface area contributed by atoms with Gasteiger partial charge in [0.25, 0.3) is 0 Å². The topological polar surface area (TPSA) is 53.2 Å².